The van der Waals surface area contributed by atoms with E-state index in [1.807, 2.05) is 54.8 Å². The molecule has 4 aromatic rings. The van der Waals surface area contributed by atoms with Crippen molar-refractivity contribution in [2.45, 2.75) is 20.0 Å². The number of aromatic nitrogens is 2. The van der Waals surface area contributed by atoms with Crippen LogP contribution in [0.1, 0.15) is 11.1 Å². The highest BCUT2D eigenvalue weighted by molar-refractivity contribution is 7.17. The fraction of sp³-hybridized carbons (Fsp3) is 0.208. The molecule has 0 saturated carbocycles. The first kappa shape index (κ1) is 20.3. The minimum atomic E-state index is -0.211. The molecule has 5 rings (SSSR count). The standard InChI is InChI=1S/C24H21N3O4S/c1-15-3-6-17(7-4-15)18-12-32-23-22(18)24(29)27(13-25-23)11-21(28)26(2)10-16-5-8-19-20(9-16)31-14-30-19/h3-9,12-13H,10-11,14H2,1-2H3. The molecule has 0 saturated heterocycles. The molecular weight excluding hydrogens is 426 g/mol. The van der Waals surface area contributed by atoms with Gasteiger partial charge in [0.2, 0.25) is 12.7 Å². The Labute approximate surface area is 188 Å². The number of fused-ring (bicyclic) bond motifs is 2. The van der Waals surface area contributed by atoms with Crippen LogP contribution in [0.3, 0.4) is 0 Å². The molecule has 7 nitrogen and oxygen atoms in total. The first-order valence-electron chi connectivity index (χ1n) is 10.2. The van der Waals surface area contributed by atoms with Crippen molar-refractivity contribution < 1.29 is 14.3 Å². The van der Waals surface area contributed by atoms with Crippen molar-refractivity contribution in [1.82, 2.24) is 14.5 Å². The summed E-state index contributed by atoms with van der Waals surface area (Å²) < 4.78 is 12.1. The van der Waals surface area contributed by atoms with E-state index in [2.05, 4.69) is 4.98 Å². The Balaban J connectivity index is 1.38. The van der Waals surface area contributed by atoms with Gasteiger partial charge in [0.05, 0.1) is 11.7 Å². The molecule has 3 heterocycles. The molecule has 2 aromatic carbocycles. The quantitative estimate of drug-likeness (QED) is 0.465. The van der Waals surface area contributed by atoms with Gasteiger partial charge in [-0.1, -0.05) is 35.9 Å². The number of nitrogens with zero attached hydrogens (tertiary/aromatic N) is 3. The van der Waals surface area contributed by atoms with E-state index in [-0.39, 0.29) is 24.8 Å². The van der Waals surface area contributed by atoms with Gasteiger partial charge in [-0.2, -0.15) is 0 Å². The smallest absolute Gasteiger partial charge is 0.263 e. The first-order chi connectivity index (χ1) is 15.5. The summed E-state index contributed by atoms with van der Waals surface area (Å²) in [5.74, 6) is 1.20. The van der Waals surface area contributed by atoms with Crippen molar-refractivity contribution in [2.75, 3.05) is 13.8 Å². The first-order valence-corrected chi connectivity index (χ1v) is 11.0. The molecule has 0 spiro atoms. The number of rotatable bonds is 5. The lowest BCUT2D eigenvalue weighted by molar-refractivity contribution is -0.131. The zero-order chi connectivity index (χ0) is 22.2. The average molecular weight is 448 g/mol. The van der Waals surface area contributed by atoms with Crippen molar-refractivity contribution in [1.29, 1.82) is 0 Å². The molecular formula is C24H21N3O4S. The Hall–Kier alpha value is -3.65. The Bertz CT molecular complexity index is 1370. The van der Waals surface area contributed by atoms with Gasteiger partial charge in [0.1, 0.15) is 11.4 Å². The summed E-state index contributed by atoms with van der Waals surface area (Å²) in [5, 5.41) is 2.49. The minimum absolute atomic E-state index is 0.0774. The molecule has 0 bridgehead atoms. The van der Waals surface area contributed by atoms with Gasteiger partial charge in [0.15, 0.2) is 11.5 Å². The van der Waals surface area contributed by atoms with E-state index in [0.29, 0.717) is 28.3 Å². The third-order valence-corrected chi connectivity index (χ3v) is 6.40. The predicted molar refractivity (Wildman–Crippen MR) is 123 cm³/mol. The summed E-state index contributed by atoms with van der Waals surface area (Å²) in [4.78, 5) is 32.8. The van der Waals surface area contributed by atoms with E-state index in [0.717, 1.165) is 22.3 Å². The van der Waals surface area contributed by atoms with E-state index >= 15 is 0 Å². The van der Waals surface area contributed by atoms with Gasteiger partial charge >= 0.3 is 0 Å². The molecule has 1 aliphatic heterocycles. The molecule has 162 valence electrons. The average Bonchev–Trinajstić information content (AvgIpc) is 3.43. The van der Waals surface area contributed by atoms with Crippen LogP contribution in [-0.2, 0) is 17.9 Å². The normalized spacial score (nSPS) is 12.3. The maximum absolute atomic E-state index is 13.2. The maximum atomic E-state index is 13.2. The summed E-state index contributed by atoms with van der Waals surface area (Å²) in [6.07, 6.45) is 1.45. The van der Waals surface area contributed by atoms with Crippen LogP contribution in [0.15, 0.2) is 59.0 Å². The second-order valence-corrected chi connectivity index (χ2v) is 8.67. The molecule has 0 atom stereocenters. The molecule has 32 heavy (non-hydrogen) atoms. The molecule has 0 unspecified atom stereocenters. The highest BCUT2D eigenvalue weighted by atomic mass is 32.1. The number of carbonyl (C=O) groups excluding carboxylic acids is 1. The van der Waals surface area contributed by atoms with Gasteiger partial charge in [0.25, 0.3) is 5.56 Å². The number of hydrogen-bond donors (Lipinski definition) is 0. The Morgan fingerprint density at radius 1 is 1.16 bits per heavy atom. The zero-order valence-corrected chi connectivity index (χ0v) is 18.5. The van der Waals surface area contributed by atoms with E-state index in [9.17, 15) is 9.59 Å². The summed E-state index contributed by atoms with van der Waals surface area (Å²) >= 11 is 1.43. The highest BCUT2D eigenvalue weighted by Crippen LogP contribution is 2.33. The Morgan fingerprint density at radius 2 is 1.94 bits per heavy atom. The summed E-state index contributed by atoms with van der Waals surface area (Å²) in [6, 6.07) is 13.6. The second-order valence-electron chi connectivity index (χ2n) is 7.81. The fourth-order valence-electron chi connectivity index (χ4n) is 3.69. The molecule has 2 aromatic heterocycles. The third-order valence-electron chi connectivity index (χ3n) is 5.51. The molecule has 8 heteroatoms. The largest absolute Gasteiger partial charge is 0.454 e. The summed E-state index contributed by atoms with van der Waals surface area (Å²) in [7, 11) is 1.71. The number of ether oxygens (including phenoxy) is 2. The second kappa shape index (κ2) is 8.12. The van der Waals surface area contributed by atoms with E-state index in [1.165, 1.54) is 22.2 Å². The number of likely N-dealkylation sites (N-methyl/N-ethyl adjacent to an activating group) is 1. The van der Waals surface area contributed by atoms with Crippen molar-refractivity contribution in [3.05, 3.63) is 75.7 Å². The van der Waals surface area contributed by atoms with E-state index in [1.54, 1.807) is 11.9 Å². The fourth-order valence-corrected chi connectivity index (χ4v) is 4.60. The van der Waals surface area contributed by atoms with Crippen molar-refractivity contribution in [2.24, 2.45) is 0 Å². The van der Waals surface area contributed by atoms with Crippen LogP contribution in [0.2, 0.25) is 0 Å². The van der Waals surface area contributed by atoms with Gasteiger partial charge in [-0.3, -0.25) is 14.2 Å². The number of carbonyl (C=O) groups is 1. The molecule has 0 N–H and O–H groups in total. The summed E-state index contributed by atoms with van der Waals surface area (Å²) in [5.41, 5.74) is 3.67. The lowest BCUT2D eigenvalue weighted by atomic mass is 10.1. The third kappa shape index (κ3) is 3.73. The van der Waals surface area contributed by atoms with Crippen LogP contribution >= 0.6 is 11.3 Å². The molecule has 0 fully saturated rings. The number of benzene rings is 2. The number of thiophene rings is 1. The predicted octanol–water partition coefficient (Wildman–Crippen LogP) is 3.82. The van der Waals surface area contributed by atoms with Gasteiger partial charge in [0, 0.05) is 24.5 Å². The van der Waals surface area contributed by atoms with Crippen molar-refractivity contribution in [3.8, 4) is 22.6 Å². The lowest BCUT2D eigenvalue weighted by Gasteiger charge is -2.18. The van der Waals surface area contributed by atoms with Crippen LogP contribution in [0.5, 0.6) is 11.5 Å². The maximum Gasteiger partial charge on any atom is 0.263 e. The molecule has 0 radical (unpaired) electrons. The highest BCUT2D eigenvalue weighted by Gasteiger charge is 2.18. The Kier molecular flexibility index (Phi) is 5.14. The van der Waals surface area contributed by atoms with Crippen LogP contribution in [0.25, 0.3) is 21.3 Å². The van der Waals surface area contributed by atoms with Gasteiger partial charge in [-0.05, 0) is 30.2 Å². The number of aryl methyl sites for hydroxylation is 1. The van der Waals surface area contributed by atoms with Gasteiger partial charge in [-0.15, -0.1) is 11.3 Å². The van der Waals surface area contributed by atoms with Crippen molar-refractivity contribution in [3.63, 3.8) is 0 Å². The van der Waals surface area contributed by atoms with Crippen LogP contribution in [0, 0.1) is 6.92 Å². The monoisotopic (exact) mass is 447 g/mol. The lowest BCUT2D eigenvalue weighted by Crippen LogP contribution is -2.33. The minimum Gasteiger partial charge on any atom is -0.454 e. The van der Waals surface area contributed by atoms with Gasteiger partial charge in [-0.25, -0.2) is 4.98 Å². The van der Waals surface area contributed by atoms with Gasteiger partial charge < -0.3 is 14.4 Å². The van der Waals surface area contributed by atoms with Crippen LogP contribution in [0.4, 0.5) is 0 Å². The molecule has 1 aliphatic rings. The van der Waals surface area contributed by atoms with Crippen LogP contribution in [-0.4, -0.2) is 34.2 Å². The SMILES string of the molecule is Cc1ccc(-c2csc3ncn(CC(=O)N(C)Cc4ccc5c(c4)OCO5)c(=O)c23)cc1. The number of amides is 1. The van der Waals surface area contributed by atoms with Crippen molar-refractivity contribution >= 4 is 27.5 Å². The summed E-state index contributed by atoms with van der Waals surface area (Å²) in [6.45, 7) is 2.55. The topological polar surface area (TPSA) is 73.7 Å². The number of hydrogen-bond acceptors (Lipinski definition) is 6. The van der Waals surface area contributed by atoms with E-state index in [4.69, 9.17) is 9.47 Å². The Morgan fingerprint density at radius 3 is 2.75 bits per heavy atom. The van der Waals surface area contributed by atoms with Crippen LogP contribution < -0.4 is 15.0 Å². The molecule has 1 amide bonds. The zero-order valence-electron chi connectivity index (χ0n) is 17.7. The molecule has 0 aliphatic carbocycles. The van der Waals surface area contributed by atoms with E-state index < -0.39 is 0 Å².